The third-order valence-corrected chi connectivity index (χ3v) is 4.74. The van der Waals surface area contributed by atoms with Gasteiger partial charge >= 0.3 is 0 Å². The zero-order valence-corrected chi connectivity index (χ0v) is 14.5. The van der Waals surface area contributed by atoms with E-state index in [0.29, 0.717) is 6.04 Å². The van der Waals surface area contributed by atoms with Crippen molar-refractivity contribution in [1.29, 1.82) is 0 Å². The molecule has 3 rings (SSSR count). The molecule has 25 heavy (non-hydrogen) atoms. The molecule has 1 fully saturated rings. The molecule has 1 aliphatic rings. The second kappa shape index (κ2) is 8.21. The minimum absolute atomic E-state index is 0.0328. The molecular formula is C20H24FN3O. The van der Waals surface area contributed by atoms with Crippen LogP contribution < -0.4 is 5.32 Å². The van der Waals surface area contributed by atoms with E-state index in [0.717, 1.165) is 24.0 Å². The Hall–Kier alpha value is -2.27. The van der Waals surface area contributed by atoms with Gasteiger partial charge in [-0.1, -0.05) is 31.0 Å². The third-order valence-electron chi connectivity index (χ3n) is 4.74. The van der Waals surface area contributed by atoms with Gasteiger partial charge in [-0.2, -0.15) is 0 Å². The number of likely N-dealkylation sites (N-methyl/N-ethyl adjacent to an activating group) is 1. The van der Waals surface area contributed by atoms with E-state index in [2.05, 4.69) is 10.3 Å². The van der Waals surface area contributed by atoms with Crippen molar-refractivity contribution in [3.8, 4) is 0 Å². The van der Waals surface area contributed by atoms with E-state index in [9.17, 15) is 9.18 Å². The van der Waals surface area contributed by atoms with Crippen LogP contribution in [0.15, 0.2) is 48.8 Å². The van der Waals surface area contributed by atoms with Gasteiger partial charge in [-0.3, -0.25) is 14.7 Å². The molecule has 1 amide bonds. The van der Waals surface area contributed by atoms with Gasteiger partial charge in [0.1, 0.15) is 5.82 Å². The number of aromatic nitrogens is 1. The molecule has 5 heteroatoms. The van der Waals surface area contributed by atoms with Crippen LogP contribution in [0.1, 0.15) is 42.9 Å². The minimum Gasteiger partial charge on any atom is -0.352 e. The zero-order chi connectivity index (χ0) is 17.6. The first-order valence-electron chi connectivity index (χ1n) is 8.78. The normalized spacial score (nSPS) is 16.1. The number of halogens is 1. The predicted molar refractivity (Wildman–Crippen MR) is 95.5 cm³/mol. The van der Waals surface area contributed by atoms with E-state index < -0.39 is 0 Å². The summed E-state index contributed by atoms with van der Waals surface area (Å²) in [5.74, 6) is -0.235. The molecule has 0 spiro atoms. The van der Waals surface area contributed by atoms with Crippen LogP contribution in [-0.4, -0.2) is 35.4 Å². The highest BCUT2D eigenvalue weighted by molar-refractivity contribution is 5.78. The number of hydrogen-bond acceptors (Lipinski definition) is 3. The maximum atomic E-state index is 13.3. The van der Waals surface area contributed by atoms with Crippen LogP contribution in [-0.2, 0) is 4.79 Å². The molecule has 1 aromatic heterocycles. The molecule has 1 heterocycles. The number of nitrogens with zero attached hydrogens (tertiary/aromatic N) is 2. The topological polar surface area (TPSA) is 45.2 Å². The lowest BCUT2D eigenvalue weighted by Crippen LogP contribution is -2.41. The summed E-state index contributed by atoms with van der Waals surface area (Å²) in [6.45, 7) is 0.285. The molecule has 0 radical (unpaired) electrons. The molecule has 0 saturated heterocycles. The number of nitrogens with one attached hydrogen (secondary N) is 1. The Balaban J connectivity index is 1.76. The number of carbonyl (C=O) groups excluding carboxylic acids is 1. The van der Waals surface area contributed by atoms with E-state index in [-0.39, 0.29) is 24.3 Å². The molecule has 4 nitrogen and oxygen atoms in total. The average Bonchev–Trinajstić information content (AvgIpc) is 3.10. The zero-order valence-electron chi connectivity index (χ0n) is 14.5. The molecule has 1 atom stereocenters. The highest BCUT2D eigenvalue weighted by Crippen LogP contribution is 2.27. The molecule has 1 N–H and O–H groups in total. The molecule has 0 aliphatic heterocycles. The molecule has 1 aromatic carbocycles. The van der Waals surface area contributed by atoms with Gasteiger partial charge in [0, 0.05) is 18.4 Å². The Morgan fingerprint density at radius 1 is 1.24 bits per heavy atom. The quantitative estimate of drug-likeness (QED) is 0.877. The van der Waals surface area contributed by atoms with E-state index in [1.165, 1.54) is 25.0 Å². The fourth-order valence-electron chi connectivity index (χ4n) is 3.55. The Kier molecular flexibility index (Phi) is 5.76. The average molecular weight is 341 g/mol. The Morgan fingerprint density at radius 2 is 1.96 bits per heavy atom. The monoisotopic (exact) mass is 341 g/mol. The highest BCUT2D eigenvalue weighted by atomic mass is 19.1. The Bertz CT molecular complexity index is 684. The Morgan fingerprint density at radius 3 is 2.60 bits per heavy atom. The van der Waals surface area contributed by atoms with Gasteiger partial charge in [0.05, 0.1) is 12.6 Å². The summed E-state index contributed by atoms with van der Waals surface area (Å²) in [6.07, 6.45) is 8.03. The van der Waals surface area contributed by atoms with Gasteiger partial charge in [0.15, 0.2) is 0 Å². The summed E-state index contributed by atoms with van der Waals surface area (Å²) in [6, 6.07) is 10.4. The van der Waals surface area contributed by atoms with Crippen molar-refractivity contribution in [3.05, 3.63) is 65.7 Å². The number of amides is 1. The number of hydrogen-bond donors (Lipinski definition) is 1. The maximum Gasteiger partial charge on any atom is 0.234 e. The van der Waals surface area contributed by atoms with Crippen molar-refractivity contribution in [2.75, 3.05) is 13.6 Å². The number of benzene rings is 1. The minimum atomic E-state index is -0.268. The number of rotatable bonds is 6. The van der Waals surface area contributed by atoms with Gasteiger partial charge in [-0.25, -0.2) is 4.39 Å². The smallest absolute Gasteiger partial charge is 0.234 e. The Labute approximate surface area is 148 Å². The summed E-state index contributed by atoms with van der Waals surface area (Å²) in [4.78, 5) is 18.6. The molecular weight excluding hydrogens is 317 g/mol. The van der Waals surface area contributed by atoms with Crippen molar-refractivity contribution < 1.29 is 9.18 Å². The van der Waals surface area contributed by atoms with Gasteiger partial charge in [-0.15, -0.1) is 0 Å². The van der Waals surface area contributed by atoms with Crippen LogP contribution >= 0.6 is 0 Å². The SMILES string of the molecule is CN(CC(=O)NC1CCCC1)[C@H](c1ccc(F)cc1)c1cccnc1. The van der Waals surface area contributed by atoms with Gasteiger partial charge in [0.2, 0.25) is 5.91 Å². The molecule has 1 saturated carbocycles. The lowest BCUT2D eigenvalue weighted by atomic mass is 9.98. The summed E-state index contributed by atoms with van der Waals surface area (Å²) in [5.41, 5.74) is 1.91. The fraction of sp³-hybridized carbons (Fsp3) is 0.400. The van der Waals surface area contributed by atoms with E-state index >= 15 is 0 Å². The van der Waals surface area contributed by atoms with Crippen LogP contribution in [0.5, 0.6) is 0 Å². The lowest BCUT2D eigenvalue weighted by molar-refractivity contribution is -0.123. The van der Waals surface area contributed by atoms with Crippen molar-refractivity contribution in [2.24, 2.45) is 0 Å². The van der Waals surface area contributed by atoms with Crippen LogP contribution in [0, 0.1) is 5.82 Å². The van der Waals surface area contributed by atoms with Crippen LogP contribution in [0.4, 0.5) is 4.39 Å². The molecule has 0 bridgehead atoms. The molecule has 132 valence electrons. The predicted octanol–water partition coefficient (Wildman–Crippen LogP) is 3.30. The van der Waals surface area contributed by atoms with Gasteiger partial charge < -0.3 is 5.32 Å². The van der Waals surface area contributed by atoms with Crippen LogP contribution in [0.2, 0.25) is 0 Å². The summed E-state index contributed by atoms with van der Waals surface area (Å²) < 4.78 is 13.3. The second-order valence-electron chi connectivity index (χ2n) is 6.70. The van der Waals surface area contributed by atoms with Crippen molar-refractivity contribution in [3.63, 3.8) is 0 Å². The first-order chi connectivity index (χ1) is 12.1. The lowest BCUT2D eigenvalue weighted by Gasteiger charge is -2.28. The maximum absolute atomic E-state index is 13.3. The summed E-state index contributed by atoms with van der Waals surface area (Å²) in [7, 11) is 1.91. The molecule has 0 unspecified atom stereocenters. The standard InChI is InChI=1S/C20H24FN3O/c1-24(14-19(25)23-18-6-2-3-7-18)20(16-5-4-12-22-13-16)15-8-10-17(21)11-9-15/h4-5,8-13,18,20H,2-3,6-7,14H2,1H3,(H,23,25)/t20-/m1/s1. The summed E-state index contributed by atoms with van der Waals surface area (Å²) in [5, 5.41) is 3.12. The number of carbonyl (C=O) groups is 1. The van der Waals surface area contributed by atoms with Crippen LogP contribution in [0.3, 0.4) is 0 Å². The largest absolute Gasteiger partial charge is 0.352 e. The number of pyridine rings is 1. The van der Waals surface area contributed by atoms with E-state index in [1.54, 1.807) is 24.5 Å². The highest BCUT2D eigenvalue weighted by Gasteiger charge is 2.23. The fourth-order valence-corrected chi connectivity index (χ4v) is 3.55. The first kappa shape index (κ1) is 17.5. The molecule has 1 aliphatic carbocycles. The van der Waals surface area contributed by atoms with Crippen LogP contribution in [0.25, 0.3) is 0 Å². The second-order valence-corrected chi connectivity index (χ2v) is 6.70. The van der Waals surface area contributed by atoms with Crippen molar-refractivity contribution in [1.82, 2.24) is 15.2 Å². The van der Waals surface area contributed by atoms with Crippen molar-refractivity contribution >= 4 is 5.91 Å². The first-order valence-corrected chi connectivity index (χ1v) is 8.78. The third kappa shape index (κ3) is 4.63. The molecule has 2 aromatic rings. The summed E-state index contributed by atoms with van der Waals surface area (Å²) >= 11 is 0. The van der Waals surface area contributed by atoms with Gasteiger partial charge in [-0.05, 0) is 49.2 Å². The van der Waals surface area contributed by atoms with E-state index in [1.807, 2.05) is 24.1 Å². The van der Waals surface area contributed by atoms with E-state index in [4.69, 9.17) is 0 Å². The van der Waals surface area contributed by atoms with Crippen molar-refractivity contribution in [2.45, 2.75) is 37.8 Å². The van der Waals surface area contributed by atoms with Gasteiger partial charge in [0.25, 0.3) is 0 Å².